The van der Waals surface area contributed by atoms with Gasteiger partial charge < -0.3 is 30.2 Å². The largest absolute Gasteiger partial charge is 0.444 e. The molecule has 3 aromatic rings. The molecule has 1 fully saturated rings. The first-order valence-corrected chi connectivity index (χ1v) is 16.5. The Hall–Kier alpha value is -4.06. The molecular formula is C36H49N5O6. The van der Waals surface area contributed by atoms with Crippen molar-refractivity contribution in [1.82, 2.24) is 19.8 Å². The van der Waals surface area contributed by atoms with Crippen molar-refractivity contribution < 1.29 is 29.0 Å². The molecule has 1 aliphatic carbocycles. The second kappa shape index (κ2) is 17.2. The zero-order valence-electron chi connectivity index (χ0n) is 27.7. The minimum absolute atomic E-state index is 0.0987. The Labute approximate surface area is 277 Å². The number of amides is 3. The number of aliphatic hydroxyl groups is 1. The van der Waals surface area contributed by atoms with Crippen LogP contribution in [0.4, 0.5) is 4.79 Å². The van der Waals surface area contributed by atoms with E-state index < -0.39 is 48.2 Å². The zero-order valence-corrected chi connectivity index (χ0v) is 27.7. The number of benzene rings is 2. The number of imide groups is 1. The minimum Gasteiger partial charge on any atom is -0.444 e. The van der Waals surface area contributed by atoms with Gasteiger partial charge in [-0.25, -0.2) is 9.78 Å². The van der Waals surface area contributed by atoms with E-state index in [9.17, 15) is 19.5 Å². The average molecular weight is 648 g/mol. The first-order valence-electron chi connectivity index (χ1n) is 16.5. The van der Waals surface area contributed by atoms with Crippen molar-refractivity contribution in [3.63, 3.8) is 0 Å². The van der Waals surface area contributed by atoms with Crippen molar-refractivity contribution in [2.75, 3.05) is 6.54 Å². The summed E-state index contributed by atoms with van der Waals surface area (Å²) in [6, 6.07) is 16.8. The van der Waals surface area contributed by atoms with E-state index in [1.807, 2.05) is 60.7 Å². The SMILES string of the molecule is CC(C)(C)OC(=O)N[C@@H](Cc1ccccc1)C(=O)N(C(=O)CN)[C@@H](CC1CCCCC1)[C@@H](O)c1nccn1COCc1ccccc1. The number of nitrogens with one attached hydrogen (secondary N) is 1. The lowest BCUT2D eigenvalue weighted by Gasteiger charge is -2.38. The van der Waals surface area contributed by atoms with Crippen molar-refractivity contribution >= 4 is 17.9 Å². The van der Waals surface area contributed by atoms with Gasteiger partial charge in [0.1, 0.15) is 30.3 Å². The number of hydrogen-bond acceptors (Lipinski definition) is 8. The van der Waals surface area contributed by atoms with Crippen molar-refractivity contribution in [1.29, 1.82) is 0 Å². The predicted octanol–water partition coefficient (Wildman–Crippen LogP) is 4.88. The molecule has 11 heteroatoms. The highest BCUT2D eigenvalue weighted by Gasteiger charge is 2.41. The lowest BCUT2D eigenvalue weighted by atomic mass is 9.83. The predicted molar refractivity (Wildman–Crippen MR) is 178 cm³/mol. The van der Waals surface area contributed by atoms with Crippen molar-refractivity contribution in [3.05, 3.63) is 90.0 Å². The van der Waals surface area contributed by atoms with E-state index in [4.69, 9.17) is 15.2 Å². The summed E-state index contributed by atoms with van der Waals surface area (Å²) in [5.74, 6) is -0.889. The molecule has 2 aromatic carbocycles. The number of aromatic nitrogens is 2. The topological polar surface area (TPSA) is 149 Å². The van der Waals surface area contributed by atoms with Gasteiger partial charge in [-0.15, -0.1) is 0 Å². The fourth-order valence-electron chi connectivity index (χ4n) is 6.08. The van der Waals surface area contributed by atoms with Gasteiger partial charge in [-0.3, -0.25) is 14.5 Å². The average Bonchev–Trinajstić information content (AvgIpc) is 3.52. The van der Waals surface area contributed by atoms with Crippen LogP contribution >= 0.6 is 0 Å². The van der Waals surface area contributed by atoms with Crippen LogP contribution in [0.2, 0.25) is 0 Å². The quantitative estimate of drug-likeness (QED) is 0.224. The summed E-state index contributed by atoms with van der Waals surface area (Å²) in [4.78, 5) is 46.7. The number of carbonyl (C=O) groups is 3. The Balaban J connectivity index is 1.66. The molecule has 0 radical (unpaired) electrons. The number of carbonyl (C=O) groups excluding carboxylic acids is 3. The van der Waals surface area contributed by atoms with E-state index in [2.05, 4.69) is 10.3 Å². The lowest BCUT2D eigenvalue weighted by molar-refractivity contribution is -0.152. The normalized spacial score (nSPS) is 15.8. The second-order valence-corrected chi connectivity index (χ2v) is 13.2. The molecule has 3 amide bonds. The van der Waals surface area contributed by atoms with Crippen LogP contribution in [-0.4, -0.2) is 61.7 Å². The summed E-state index contributed by atoms with van der Waals surface area (Å²) in [6.07, 6.45) is 6.60. The summed E-state index contributed by atoms with van der Waals surface area (Å²) in [7, 11) is 0. The maximum Gasteiger partial charge on any atom is 0.408 e. The van der Waals surface area contributed by atoms with Crippen LogP contribution in [0.5, 0.6) is 0 Å². The van der Waals surface area contributed by atoms with Gasteiger partial charge in [-0.2, -0.15) is 0 Å². The molecule has 3 atom stereocenters. The molecule has 0 aliphatic heterocycles. The Kier molecular flexibility index (Phi) is 13.1. The molecule has 11 nitrogen and oxygen atoms in total. The molecule has 254 valence electrons. The van der Waals surface area contributed by atoms with Crippen LogP contribution in [0.1, 0.15) is 82.4 Å². The summed E-state index contributed by atoms with van der Waals surface area (Å²) >= 11 is 0. The van der Waals surface area contributed by atoms with Crippen molar-refractivity contribution in [3.8, 4) is 0 Å². The zero-order chi connectivity index (χ0) is 33.8. The number of hydrogen-bond donors (Lipinski definition) is 3. The maximum atomic E-state index is 14.5. The van der Waals surface area contributed by atoms with Gasteiger partial charge in [0.25, 0.3) is 5.91 Å². The third-order valence-electron chi connectivity index (χ3n) is 8.30. The molecule has 1 saturated carbocycles. The first-order chi connectivity index (χ1) is 22.6. The summed E-state index contributed by atoms with van der Waals surface area (Å²) in [6.45, 7) is 5.19. The van der Waals surface area contributed by atoms with E-state index in [0.29, 0.717) is 13.0 Å². The van der Waals surface area contributed by atoms with Gasteiger partial charge in [0.15, 0.2) is 0 Å². The van der Waals surface area contributed by atoms with Gasteiger partial charge in [0, 0.05) is 18.8 Å². The summed E-state index contributed by atoms with van der Waals surface area (Å²) < 4.78 is 13.1. The first kappa shape index (κ1) is 35.8. The van der Waals surface area contributed by atoms with Crippen molar-refractivity contribution in [2.24, 2.45) is 11.7 Å². The second-order valence-electron chi connectivity index (χ2n) is 13.2. The number of rotatable bonds is 14. The third-order valence-corrected chi connectivity index (χ3v) is 8.30. The van der Waals surface area contributed by atoms with Crippen LogP contribution in [0.3, 0.4) is 0 Å². The lowest BCUT2D eigenvalue weighted by Crippen LogP contribution is -2.58. The van der Waals surface area contributed by atoms with Crippen LogP contribution in [0, 0.1) is 5.92 Å². The summed E-state index contributed by atoms with van der Waals surface area (Å²) in [5, 5.41) is 14.7. The molecule has 1 heterocycles. The molecular weight excluding hydrogens is 598 g/mol. The van der Waals surface area contributed by atoms with Crippen LogP contribution in [0.25, 0.3) is 0 Å². The molecule has 0 unspecified atom stereocenters. The van der Waals surface area contributed by atoms with Gasteiger partial charge in [0.05, 0.1) is 19.2 Å². The Bertz CT molecular complexity index is 1420. The van der Waals surface area contributed by atoms with Gasteiger partial charge >= 0.3 is 6.09 Å². The highest BCUT2D eigenvalue weighted by Crippen LogP contribution is 2.33. The Morgan fingerprint density at radius 3 is 2.28 bits per heavy atom. The van der Waals surface area contributed by atoms with Crippen molar-refractivity contribution in [2.45, 2.75) is 103 Å². The van der Waals surface area contributed by atoms with Crippen LogP contribution in [-0.2, 0) is 38.8 Å². The number of aliphatic hydroxyl groups excluding tert-OH is 1. The molecule has 47 heavy (non-hydrogen) atoms. The Morgan fingerprint density at radius 1 is 1.02 bits per heavy atom. The van der Waals surface area contributed by atoms with E-state index in [1.54, 1.807) is 37.7 Å². The summed E-state index contributed by atoms with van der Waals surface area (Å²) in [5.41, 5.74) is 6.87. The number of ether oxygens (including phenoxy) is 2. The van der Waals surface area contributed by atoms with Crippen LogP contribution in [0.15, 0.2) is 73.1 Å². The minimum atomic E-state index is -1.34. The molecule has 0 saturated heterocycles. The fraction of sp³-hybridized carbons (Fsp3) is 0.500. The number of nitrogens with zero attached hydrogens (tertiary/aromatic N) is 3. The molecule has 4 rings (SSSR count). The number of nitrogens with two attached hydrogens (primary N) is 1. The monoisotopic (exact) mass is 647 g/mol. The third kappa shape index (κ3) is 10.7. The molecule has 0 spiro atoms. The highest BCUT2D eigenvalue weighted by atomic mass is 16.6. The molecule has 0 bridgehead atoms. The van der Waals surface area contributed by atoms with Gasteiger partial charge in [-0.1, -0.05) is 92.8 Å². The molecule has 1 aromatic heterocycles. The smallest absolute Gasteiger partial charge is 0.408 e. The van der Waals surface area contributed by atoms with E-state index in [0.717, 1.165) is 48.1 Å². The number of imidazole rings is 1. The van der Waals surface area contributed by atoms with Crippen LogP contribution < -0.4 is 11.1 Å². The van der Waals surface area contributed by atoms with Gasteiger partial charge in [-0.05, 0) is 44.2 Å². The molecule has 1 aliphatic rings. The Morgan fingerprint density at radius 2 is 1.66 bits per heavy atom. The van der Waals surface area contributed by atoms with E-state index in [-0.39, 0.29) is 24.9 Å². The standard InChI is InChI=1S/C36H49N5O6/c1-36(2,3)47-35(45)39-29(21-26-13-7-4-8-14-26)34(44)41(31(42)23-37)30(22-27-15-9-5-10-16-27)32(43)33-38-19-20-40(33)25-46-24-28-17-11-6-12-18-28/h4,6-8,11-14,17-20,27,29-30,32,43H,5,9-10,15-16,21-25,37H2,1-3H3,(H,39,45)/t29-,30-,32+/m0/s1. The van der Waals surface area contributed by atoms with Gasteiger partial charge in [0.2, 0.25) is 5.91 Å². The van der Waals surface area contributed by atoms with E-state index >= 15 is 0 Å². The molecule has 4 N–H and O–H groups in total. The maximum absolute atomic E-state index is 14.5. The van der Waals surface area contributed by atoms with E-state index in [1.165, 1.54) is 0 Å². The highest BCUT2D eigenvalue weighted by molar-refractivity contribution is 6.00. The fourth-order valence-corrected chi connectivity index (χ4v) is 6.08. The number of alkyl carbamates (subject to hydrolysis) is 1.